The number of nitrogens with zero attached hydrogens (tertiary/aromatic N) is 1. The van der Waals surface area contributed by atoms with Crippen LogP contribution in [0.5, 0.6) is 0 Å². The van der Waals surface area contributed by atoms with Crippen molar-refractivity contribution in [1.82, 2.24) is 4.90 Å². The maximum atomic E-state index is 12.4. The number of aliphatic hydroxyl groups is 1. The van der Waals surface area contributed by atoms with E-state index >= 15 is 0 Å². The van der Waals surface area contributed by atoms with Gasteiger partial charge in [-0.3, -0.25) is 4.79 Å². The van der Waals surface area contributed by atoms with Gasteiger partial charge < -0.3 is 14.7 Å². The van der Waals surface area contributed by atoms with Crippen molar-refractivity contribution in [2.45, 2.75) is 76.6 Å². The number of aliphatic hydroxyl groups excluding tert-OH is 1. The van der Waals surface area contributed by atoms with Crippen LogP contribution in [-0.4, -0.2) is 47.3 Å². The van der Waals surface area contributed by atoms with Crippen LogP contribution in [0.25, 0.3) is 0 Å². The molecule has 2 unspecified atom stereocenters. The van der Waals surface area contributed by atoms with Gasteiger partial charge in [-0.2, -0.15) is 0 Å². The van der Waals surface area contributed by atoms with E-state index in [2.05, 4.69) is 0 Å². The van der Waals surface area contributed by atoms with Crippen molar-refractivity contribution in [2.24, 2.45) is 0 Å². The number of carbonyl (C=O) groups excluding carboxylic acids is 1. The molecule has 0 aromatic carbocycles. The number of hydrogen-bond acceptors (Lipinski definition) is 3. The van der Waals surface area contributed by atoms with Crippen LogP contribution >= 0.6 is 0 Å². The molecule has 2 fully saturated rings. The molecule has 0 aromatic rings. The highest BCUT2D eigenvalue weighted by Crippen LogP contribution is 2.23. The van der Waals surface area contributed by atoms with E-state index in [9.17, 15) is 9.90 Å². The van der Waals surface area contributed by atoms with E-state index in [-0.39, 0.29) is 24.2 Å². The van der Waals surface area contributed by atoms with Gasteiger partial charge in [0.2, 0.25) is 0 Å². The number of likely N-dealkylation sites (tertiary alicyclic amines) is 1. The molecule has 19 heavy (non-hydrogen) atoms. The molecule has 4 heteroatoms. The lowest BCUT2D eigenvalue weighted by Gasteiger charge is -2.34. The van der Waals surface area contributed by atoms with Crippen LogP contribution in [-0.2, 0) is 9.53 Å². The normalized spacial score (nSPS) is 27.3. The van der Waals surface area contributed by atoms with Crippen molar-refractivity contribution in [3.05, 3.63) is 0 Å². The average Bonchev–Trinajstić information content (AvgIpc) is 2.45. The maximum Gasteiger partial charge on any atom is 0.251 e. The molecular weight excluding hydrogens is 242 g/mol. The van der Waals surface area contributed by atoms with Gasteiger partial charge in [0, 0.05) is 13.1 Å². The molecular formula is C15H27NO3. The summed E-state index contributed by atoms with van der Waals surface area (Å²) in [6.07, 6.45) is 7.94. The van der Waals surface area contributed by atoms with Crippen molar-refractivity contribution in [2.75, 3.05) is 13.1 Å². The lowest BCUT2D eigenvalue weighted by Crippen LogP contribution is -2.48. The fraction of sp³-hybridized carbons (Fsp3) is 0.933. The molecule has 2 aliphatic rings. The summed E-state index contributed by atoms with van der Waals surface area (Å²) in [5, 5.41) is 9.67. The lowest BCUT2D eigenvalue weighted by molar-refractivity contribution is -0.152. The first-order valence-corrected chi connectivity index (χ1v) is 7.83. The predicted molar refractivity (Wildman–Crippen MR) is 73.9 cm³/mol. The summed E-state index contributed by atoms with van der Waals surface area (Å²) >= 11 is 0. The van der Waals surface area contributed by atoms with Crippen LogP contribution in [0.15, 0.2) is 0 Å². The second-order valence-corrected chi connectivity index (χ2v) is 5.87. The van der Waals surface area contributed by atoms with Crippen LogP contribution in [0.4, 0.5) is 0 Å². The number of ether oxygens (including phenoxy) is 1. The Morgan fingerprint density at radius 1 is 1.26 bits per heavy atom. The molecule has 1 saturated carbocycles. The molecule has 2 atom stereocenters. The zero-order valence-electron chi connectivity index (χ0n) is 12.0. The molecule has 1 N–H and O–H groups in total. The van der Waals surface area contributed by atoms with Gasteiger partial charge >= 0.3 is 0 Å². The van der Waals surface area contributed by atoms with Crippen molar-refractivity contribution >= 4 is 5.91 Å². The number of β-amino-alcohol motifs (C(OH)–C–C–N with tert-alkyl or cyclic N) is 1. The minimum atomic E-state index is -0.357. The molecule has 1 amide bonds. The van der Waals surface area contributed by atoms with E-state index in [1.165, 1.54) is 19.3 Å². The molecule has 0 spiro atoms. The third kappa shape index (κ3) is 4.18. The minimum Gasteiger partial charge on any atom is -0.391 e. The van der Waals surface area contributed by atoms with Gasteiger partial charge in [-0.15, -0.1) is 0 Å². The maximum absolute atomic E-state index is 12.4. The molecule has 2 rings (SSSR count). The van der Waals surface area contributed by atoms with E-state index < -0.39 is 0 Å². The fourth-order valence-electron chi connectivity index (χ4n) is 3.12. The van der Waals surface area contributed by atoms with Crippen molar-refractivity contribution in [3.63, 3.8) is 0 Å². The van der Waals surface area contributed by atoms with Gasteiger partial charge in [0.1, 0.15) is 6.10 Å². The van der Waals surface area contributed by atoms with Gasteiger partial charge in [0.05, 0.1) is 12.2 Å². The van der Waals surface area contributed by atoms with Gasteiger partial charge in [-0.05, 0) is 32.1 Å². The highest BCUT2D eigenvalue weighted by molar-refractivity contribution is 5.81. The van der Waals surface area contributed by atoms with Gasteiger partial charge in [-0.1, -0.05) is 26.2 Å². The second-order valence-electron chi connectivity index (χ2n) is 5.87. The number of piperidine rings is 1. The summed E-state index contributed by atoms with van der Waals surface area (Å²) in [7, 11) is 0. The Bertz CT molecular complexity index is 289. The molecule has 1 heterocycles. The molecule has 1 saturated heterocycles. The molecule has 0 radical (unpaired) electrons. The Labute approximate surface area is 116 Å². The number of amides is 1. The first-order chi connectivity index (χ1) is 9.20. The number of carbonyl (C=O) groups is 1. The predicted octanol–water partition coefficient (Wildman–Crippen LogP) is 2.10. The van der Waals surface area contributed by atoms with E-state index in [0.717, 1.165) is 38.6 Å². The minimum absolute atomic E-state index is 0.0758. The summed E-state index contributed by atoms with van der Waals surface area (Å²) in [4.78, 5) is 14.2. The number of rotatable bonds is 4. The Morgan fingerprint density at radius 3 is 2.63 bits per heavy atom. The van der Waals surface area contributed by atoms with Crippen LogP contribution in [0, 0.1) is 0 Å². The molecule has 4 nitrogen and oxygen atoms in total. The zero-order valence-corrected chi connectivity index (χ0v) is 12.0. The van der Waals surface area contributed by atoms with Crippen LogP contribution < -0.4 is 0 Å². The summed E-state index contributed by atoms with van der Waals surface area (Å²) < 4.78 is 6.02. The van der Waals surface area contributed by atoms with E-state index in [1.54, 1.807) is 4.90 Å². The standard InChI is InChI=1S/C15H27NO3/c1-2-14(19-13-8-4-3-5-9-13)15(18)16-10-6-7-12(17)11-16/h12-14,17H,2-11H2,1H3. The molecule has 0 aromatic heterocycles. The van der Waals surface area contributed by atoms with E-state index in [0.29, 0.717) is 6.54 Å². The SMILES string of the molecule is CCC(OC1CCCCC1)C(=O)N1CCCC(O)C1. The third-order valence-electron chi connectivity index (χ3n) is 4.26. The Balaban J connectivity index is 1.86. The van der Waals surface area contributed by atoms with Gasteiger partial charge in [-0.25, -0.2) is 0 Å². The van der Waals surface area contributed by atoms with E-state index in [4.69, 9.17) is 4.74 Å². The molecule has 1 aliphatic carbocycles. The van der Waals surface area contributed by atoms with Crippen LogP contribution in [0.2, 0.25) is 0 Å². The van der Waals surface area contributed by atoms with Gasteiger partial charge in [0.15, 0.2) is 0 Å². The first kappa shape index (κ1) is 14.8. The summed E-state index contributed by atoms with van der Waals surface area (Å²) in [5.41, 5.74) is 0. The van der Waals surface area contributed by atoms with Crippen LogP contribution in [0.1, 0.15) is 58.3 Å². The molecule has 0 bridgehead atoms. The van der Waals surface area contributed by atoms with Crippen LogP contribution in [0.3, 0.4) is 0 Å². The lowest BCUT2D eigenvalue weighted by atomic mass is 9.97. The Hall–Kier alpha value is -0.610. The second kappa shape index (κ2) is 7.25. The third-order valence-corrected chi connectivity index (χ3v) is 4.26. The van der Waals surface area contributed by atoms with Gasteiger partial charge in [0.25, 0.3) is 5.91 Å². The monoisotopic (exact) mass is 269 g/mol. The average molecular weight is 269 g/mol. The van der Waals surface area contributed by atoms with Crippen molar-refractivity contribution < 1.29 is 14.6 Å². The van der Waals surface area contributed by atoms with Crippen molar-refractivity contribution in [3.8, 4) is 0 Å². The fourth-order valence-corrected chi connectivity index (χ4v) is 3.12. The quantitative estimate of drug-likeness (QED) is 0.850. The summed E-state index contributed by atoms with van der Waals surface area (Å²) in [6.45, 7) is 3.25. The van der Waals surface area contributed by atoms with E-state index in [1.807, 2.05) is 6.92 Å². The smallest absolute Gasteiger partial charge is 0.251 e. The number of hydrogen-bond donors (Lipinski definition) is 1. The Morgan fingerprint density at radius 2 is 2.00 bits per heavy atom. The highest BCUT2D eigenvalue weighted by Gasteiger charge is 2.29. The van der Waals surface area contributed by atoms with Crippen molar-refractivity contribution in [1.29, 1.82) is 0 Å². The largest absolute Gasteiger partial charge is 0.391 e. The highest BCUT2D eigenvalue weighted by atomic mass is 16.5. The zero-order chi connectivity index (χ0) is 13.7. The first-order valence-electron chi connectivity index (χ1n) is 7.83. The Kier molecular flexibility index (Phi) is 5.64. The summed E-state index contributed by atoms with van der Waals surface area (Å²) in [5.74, 6) is 0.0758. The molecule has 110 valence electrons. The summed E-state index contributed by atoms with van der Waals surface area (Å²) in [6, 6.07) is 0. The topological polar surface area (TPSA) is 49.8 Å². The molecule has 1 aliphatic heterocycles.